The Bertz CT molecular complexity index is 721. The van der Waals surface area contributed by atoms with Crippen LogP contribution < -0.4 is 5.32 Å². The van der Waals surface area contributed by atoms with Gasteiger partial charge in [-0.1, -0.05) is 60.7 Å². The van der Waals surface area contributed by atoms with E-state index in [1.54, 1.807) is 6.92 Å². The van der Waals surface area contributed by atoms with Crippen LogP contribution in [0.3, 0.4) is 0 Å². The van der Waals surface area contributed by atoms with Crippen molar-refractivity contribution >= 4 is 17.4 Å². The summed E-state index contributed by atoms with van der Waals surface area (Å²) in [5, 5.41) is 3.23. The minimum atomic E-state index is -0.607. The summed E-state index contributed by atoms with van der Waals surface area (Å²) in [7, 11) is 0. The smallest absolute Gasteiger partial charge is 0.343 e. The molecule has 0 saturated carbocycles. The zero-order valence-corrected chi connectivity index (χ0v) is 13.9. The van der Waals surface area contributed by atoms with Crippen molar-refractivity contribution in [2.75, 3.05) is 6.61 Å². The van der Waals surface area contributed by atoms with Gasteiger partial charge in [-0.15, -0.1) is 0 Å². The van der Waals surface area contributed by atoms with Gasteiger partial charge in [-0.2, -0.15) is 0 Å². The van der Waals surface area contributed by atoms with Crippen LogP contribution in [0.1, 0.15) is 25.0 Å². The zero-order valence-electron chi connectivity index (χ0n) is 13.9. The monoisotopic (exact) mass is 323 g/mol. The second-order valence-electron chi connectivity index (χ2n) is 5.23. The molecule has 0 radical (unpaired) electrons. The highest BCUT2D eigenvalue weighted by Crippen LogP contribution is 2.19. The van der Waals surface area contributed by atoms with E-state index in [4.69, 9.17) is 4.74 Å². The molecule has 0 aromatic heterocycles. The summed E-state index contributed by atoms with van der Waals surface area (Å²) in [6.07, 6.45) is 0. The van der Waals surface area contributed by atoms with E-state index in [0.717, 1.165) is 11.1 Å². The van der Waals surface area contributed by atoms with Crippen molar-refractivity contribution in [3.63, 3.8) is 0 Å². The highest BCUT2D eigenvalue weighted by molar-refractivity contribution is 6.21. The number of hydrogen-bond acceptors (Lipinski definition) is 4. The Labute approximate surface area is 142 Å². The van der Waals surface area contributed by atoms with Gasteiger partial charge in [0.25, 0.3) is 0 Å². The van der Waals surface area contributed by atoms with Gasteiger partial charge < -0.3 is 10.1 Å². The van der Waals surface area contributed by atoms with Gasteiger partial charge in [-0.3, -0.25) is 4.79 Å². The van der Waals surface area contributed by atoms with Gasteiger partial charge in [0.05, 0.1) is 12.3 Å². The van der Waals surface area contributed by atoms with Crippen molar-refractivity contribution < 1.29 is 14.3 Å². The molecule has 124 valence electrons. The second kappa shape index (κ2) is 8.67. The number of ether oxygens (including phenoxy) is 1. The molecule has 0 unspecified atom stereocenters. The Kier molecular flexibility index (Phi) is 6.32. The SMILES string of the molecule is CCOC(=O)C(C(C)=O)=C(NCc1ccccc1)c1ccccc1. The third-order valence-corrected chi connectivity index (χ3v) is 3.46. The lowest BCUT2D eigenvalue weighted by molar-refractivity contribution is -0.139. The summed E-state index contributed by atoms with van der Waals surface area (Å²) in [4.78, 5) is 24.4. The van der Waals surface area contributed by atoms with Gasteiger partial charge in [0, 0.05) is 6.54 Å². The van der Waals surface area contributed by atoms with Crippen molar-refractivity contribution in [2.24, 2.45) is 0 Å². The lowest BCUT2D eigenvalue weighted by Crippen LogP contribution is -2.22. The molecule has 2 rings (SSSR count). The predicted molar refractivity (Wildman–Crippen MR) is 94.0 cm³/mol. The lowest BCUT2D eigenvalue weighted by atomic mass is 10.0. The fourth-order valence-corrected chi connectivity index (χ4v) is 2.35. The molecule has 2 aromatic carbocycles. The molecule has 0 aliphatic rings. The Morgan fingerprint density at radius 2 is 1.54 bits per heavy atom. The summed E-state index contributed by atoms with van der Waals surface area (Å²) in [5.74, 6) is -0.933. The molecule has 0 atom stereocenters. The van der Waals surface area contributed by atoms with Crippen LogP contribution in [0.4, 0.5) is 0 Å². The first-order valence-corrected chi connectivity index (χ1v) is 7.89. The van der Waals surface area contributed by atoms with E-state index in [9.17, 15) is 9.59 Å². The second-order valence-corrected chi connectivity index (χ2v) is 5.23. The fraction of sp³-hybridized carbons (Fsp3) is 0.200. The molecule has 0 fully saturated rings. The number of nitrogens with one attached hydrogen (secondary N) is 1. The molecule has 0 spiro atoms. The number of rotatable bonds is 7. The average Bonchev–Trinajstić information content (AvgIpc) is 2.60. The lowest BCUT2D eigenvalue weighted by Gasteiger charge is -2.15. The molecule has 0 bridgehead atoms. The molecule has 0 aliphatic heterocycles. The first-order valence-electron chi connectivity index (χ1n) is 7.89. The van der Waals surface area contributed by atoms with Crippen LogP contribution in [-0.2, 0) is 20.9 Å². The minimum Gasteiger partial charge on any atom is -0.462 e. The Morgan fingerprint density at radius 3 is 2.08 bits per heavy atom. The molecule has 4 nitrogen and oxygen atoms in total. The van der Waals surface area contributed by atoms with Gasteiger partial charge in [0.15, 0.2) is 5.78 Å². The molecular formula is C20H21NO3. The fourth-order valence-electron chi connectivity index (χ4n) is 2.35. The van der Waals surface area contributed by atoms with Crippen LogP contribution in [0.25, 0.3) is 5.70 Å². The zero-order chi connectivity index (χ0) is 17.4. The quantitative estimate of drug-likeness (QED) is 0.367. The molecular weight excluding hydrogens is 302 g/mol. The minimum absolute atomic E-state index is 0.0407. The van der Waals surface area contributed by atoms with Crippen LogP contribution in [0, 0.1) is 0 Å². The Morgan fingerprint density at radius 1 is 0.958 bits per heavy atom. The largest absolute Gasteiger partial charge is 0.462 e. The van der Waals surface area contributed by atoms with E-state index < -0.39 is 5.97 Å². The van der Waals surface area contributed by atoms with Crippen LogP contribution in [0.2, 0.25) is 0 Å². The van der Waals surface area contributed by atoms with E-state index in [1.807, 2.05) is 60.7 Å². The normalized spacial score (nSPS) is 11.4. The standard InChI is InChI=1S/C20H21NO3/c1-3-24-20(23)18(15(2)22)19(17-12-8-5-9-13-17)21-14-16-10-6-4-7-11-16/h4-13,21H,3,14H2,1-2H3. The number of esters is 1. The maximum Gasteiger partial charge on any atom is 0.343 e. The Balaban J connectivity index is 2.42. The van der Waals surface area contributed by atoms with Crippen LogP contribution in [-0.4, -0.2) is 18.4 Å². The molecule has 0 heterocycles. The van der Waals surface area contributed by atoms with Gasteiger partial charge in [-0.25, -0.2) is 4.79 Å². The number of ketones is 1. The van der Waals surface area contributed by atoms with Gasteiger partial charge in [0.2, 0.25) is 0 Å². The molecule has 0 amide bonds. The number of carbonyl (C=O) groups is 2. The van der Waals surface area contributed by atoms with Gasteiger partial charge in [0.1, 0.15) is 5.57 Å². The van der Waals surface area contributed by atoms with Gasteiger partial charge in [-0.05, 0) is 25.0 Å². The molecule has 0 saturated heterocycles. The molecule has 1 N–H and O–H groups in total. The summed E-state index contributed by atoms with van der Waals surface area (Å²) in [5.41, 5.74) is 2.36. The molecule has 4 heteroatoms. The first-order chi connectivity index (χ1) is 11.6. The average molecular weight is 323 g/mol. The van der Waals surface area contributed by atoms with E-state index in [-0.39, 0.29) is 18.0 Å². The van der Waals surface area contributed by atoms with E-state index in [1.165, 1.54) is 6.92 Å². The van der Waals surface area contributed by atoms with E-state index >= 15 is 0 Å². The third-order valence-electron chi connectivity index (χ3n) is 3.46. The van der Waals surface area contributed by atoms with Crippen LogP contribution >= 0.6 is 0 Å². The number of carbonyl (C=O) groups excluding carboxylic acids is 2. The summed E-state index contributed by atoms with van der Waals surface area (Å²) in [6, 6.07) is 19.1. The number of hydrogen-bond donors (Lipinski definition) is 1. The van der Waals surface area contributed by atoms with E-state index in [0.29, 0.717) is 12.2 Å². The maximum atomic E-state index is 12.3. The van der Waals surface area contributed by atoms with Gasteiger partial charge >= 0.3 is 5.97 Å². The summed E-state index contributed by atoms with van der Waals surface area (Å²) < 4.78 is 5.06. The number of benzene rings is 2. The molecule has 24 heavy (non-hydrogen) atoms. The summed E-state index contributed by atoms with van der Waals surface area (Å²) >= 11 is 0. The predicted octanol–water partition coefficient (Wildman–Crippen LogP) is 3.34. The van der Waals surface area contributed by atoms with Crippen LogP contribution in [0.5, 0.6) is 0 Å². The van der Waals surface area contributed by atoms with Crippen molar-refractivity contribution in [2.45, 2.75) is 20.4 Å². The van der Waals surface area contributed by atoms with Crippen molar-refractivity contribution in [3.8, 4) is 0 Å². The van der Waals surface area contributed by atoms with Crippen molar-refractivity contribution in [3.05, 3.63) is 77.4 Å². The van der Waals surface area contributed by atoms with Crippen LogP contribution in [0.15, 0.2) is 66.2 Å². The molecule has 2 aromatic rings. The van der Waals surface area contributed by atoms with Crippen molar-refractivity contribution in [1.82, 2.24) is 5.32 Å². The molecule has 0 aliphatic carbocycles. The summed E-state index contributed by atoms with van der Waals surface area (Å²) in [6.45, 7) is 3.81. The topological polar surface area (TPSA) is 55.4 Å². The number of Topliss-reactive ketones (excluding diaryl/α,β-unsaturated/α-hetero) is 1. The highest BCUT2D eigenvalue weighted by Gasteiger charge is 2.22. The first kappa shape index (κ1) is 17.5. The maximum absolute atomic E-state index is 12.3. The Hall–Kier alpha value is -2.88. The third kappa shape index (κ3) is 4.56. The van der Waals surface area contributed by atoms with E-state index in [2.05, 4.69) is 5.32 Å². The van der Waals surface area contributed by atoms with Crippen molar-refractivity contribution in [1.29, 1.82) is 0 Å². The highest BCUT2D eigenvalue weighted by atomic mass is 16.5.